The van der Waals surface area contributed by atoms with Crippen molar-refractivity contribution in [3.63, 3.8) is 0 Å². The first-order valence-electron chi connectivity index (χ1n) is 3.60. The Morgan fingerprint density at radius 1 is 1.45 bits per heavy atom. The van der Waals surface area contributed by atoms with Crippen LogP contribution in [0, 0.1) is 0 Å². The second-order valence-corrected chi connectivity index (χ2v) is 2.16. The van der Waals surface area contributed by atoms with Gasteiger partial charge in [-0.2, -0.15) is 0 Å². The minimum atomic E-state index is -0.610. The molecular formula is C7H13ClO3. The molecule has 0 aromatic heterocycles. The first-order chi connectivity index (χ1) is 5.26. The smallest absolute Gasteiger partial charge is 0.336 e. The fourth-order valence-electron chi connectivity index (χ4n) is 0.612. The Balaban J connectivity index is 3.71. The van der Waals surface area contributed by atoms with Crippen LogP contribution in [-0.2, 0) is 14.3 Å². The average molecular weight is 181 g/mol. The zero-order valence-electron chi connectivity index (χ0n) is 6.80. The second kappa shape index (κ2) is 6.43. The fourth-order valence-corrected chi connectivity index (χ4v) is 0.827. The number of alkyl halides is 1. The highest BCUT2D eigenvalue weighted by Gasteiger charge is 2.17. The van der Waals surface area contributed by atoms with E-state index in [2.05, 4.69) is 0 Å². The van der Waals surface area contributed by atoms with Gasteiger partial charge in [0, 0.05) is 6.61 Å². The molecule has 0 heterocycles. The van der Waals surface area contributed by atoms with Gasteiger partial charge in [-0.25, -0.2) is 4.79 Å². The van der Waals surface area contributed by atoms with Crippen LogP contribution < -0.4 is 0 Å². The zero-order valence-corrected chi connectivity index (χ0v) is 7.56. The van der Waals surface area contributed by atoms with Gasteiger partial charge < -0.3 is 9.47 Å². The van der Waals surface area contributed by atoms with Crippen molar-refractivity contribution in [3.8, 4) is 0 Å². The zero-order chi connectivity index (χ0) is 8.69. The standard InChI is InChI=1S/C7H13ClO3/c1-3-10-6(5-8)7(9)11-4-2/h6H,3-5H2,1-2H3. The molecule has 0 saturated heterocycles. The van der Waals surface area contributed by atoms with Gasteiger partial charge in [0.1, 0.15) is 0 Å². The minimum Gasteiger partial charge on any atom is -0.464 e. The lowest BCUT2D eigenvalue weighted by Crippen LogP contribution is -2.28. The Kier molecular flexibility index (Phi) is 6.27. The van der Waals surface area contributed by atoms with E-state index >= 15 is 0 Å². The fraction of sp³-hybridized carbons (Fsp3) is 0.857. The third kappa shape index (κ3) is 4.22. The van der Waals surface area contributed by atoms with Crippen LogP contribution in [0.4, 0.5) is 0 Å². The van der Waals surface area contributed by atoms with Gasteiger partial charge in [0.2, 0.25) is 0 Å². The summed E-state index contributed by atoms with van der Waals surface area (Å²) in [6.45, 7) is 4.38. The lowest BCUT2D eigenvalue weighted by molar-refractivity contribution is -0.154. The minimum absolute atomic E-state index is 0.146. The molecule has 11 heavy (non-hydrogen) atoms. The number of halogens is 1. The molecule has 0 aliphatic heterocycles. The van der Waals surface area contributed by atoms with Crippen molar-refractivity contribution in [3.05, 3.63) is 0 Å². The van der Waals surface area contributed by atoms with E-state index in [-0.39, 0.29) is 11.8 Å². The highest BCUT2D eigenvalue weighted by molar-refractivity contribution is 6.19. The molecule has 0 saturated carbocycles. The van der Waals surface area contributed by atoms with Gasteiger partial charge in [0.25, 0.3) is 0 Å². The number of rotatable bonds is 5. The molecule has 0 amide bonds. The van der Waals surface area contributed by atoms with Crippen LogP contribution in [0.3, 0.4) is 0 Å². The van der Waals surface area contributed by atoms with Crippen molar-refractivity contribution in [2.45, 2.75) is 20.0 Å². The molecule has 0 aromatic carbocycles. The molecule has 3 nitrogen and oxygen atoms in total. The maximum absolute atomic E-state index is 10.9. The molecule has 1 atom stereocenters. The van der Waals surface area contributed by atoms with Gasteiger partial charge in [-0.1, -0.05) is 0 Å². The maximum atomic E-state index is 10.9. The van der Waals surface area contributed by atoms with Crippen LogP contribution in [0.25, 0.3) is 0 Å². The molecule has 0 N–H and O–H groups in total. The predicted molar refractivity (Wildman–Crippen MR) is 42.8 cm³/mol. The molecule has 66 valence electrons. The first kappa shape index (κ1) is 10.7. The summed E-state index contributed by atoms with van der Waals surface area (Å²) in [7, 11) is 0. The quantitative estimate of drug-likeness (QED) is 0.471. The van der Waals surface area contributed by atoms with Crippen LogP contribution in [0.5, 0.6) is 0 Å². The van der Waals surface area contributed by atoms with Gasteiger partial charge in [0.15, 0.2) is 6.10 Å². The number of hydrogen-bond acceptors (Lipinski definition) is 3. The summed E-state index contributed by atoms with van der Waals surface area (Å²) in [5.41, 5.74) is 0. The van der Waals surface area contributed by atoms with Crippen LogP contribution in [0.15, 0.2) is 0 Å². The summed E-state index contributed by atoms with van der Waals surface area (Å²) >= 11 is 5.45. The van der Waals surface area contributed by atoms with E-state index in [1.54, 1.807) is 13.8 Å². The van der Waals surface area contributed by atoms with Crippen LogP contribution in [0.2, 0.25) is 0 Å². The topological polar surface area (TPSA) is 35.5 Å². The molecule has 0 aliphatic carbocycles. The highest BCUT2D eigenvalue weighted by atomic mass is 35.5. The maximum Gasteiger partial charge on any atom is 0.336 e. The largest absolute Gasteiger partial charge is 0.464 e. The van der Waals surface area contributed by atoms with E-state index in [4.69, 9.17) is 21.1 Å². The SMILES string of the molecule is CCOC(=O)C(CCl)OCC. The molecule has 0 spiro atoms. The molecule has 0 aromatic rings. The van der Waals surface area contributed by atoms with E-state index < -0.39 is 6.10 Å². The van der Waals surface area contributed by atoms with Crippen LogP contribution in [-0.4, -0.2) is 31.2 Å². The third-order valence-electron chi connectivity index (χ3n) is 1.06. The number of hydrogen-bond donors (Lipinski definition) is 0. The second-order valence-electron chi connectivity index (χ2n) is 1.85. The van der Waals surface area contributed by atoms with Crippen molar-refractivity contribution in [2.75, 3.05) is 19.1 Å². The Hall–Kier alpha value is -0.280. The number of esters is 1. The Morgan fingerprint density at radius 2 is 2.09 bits per heavy atom. The normalized spacial score (nSPS) is 12.6. The molecule has 0 fully saturated rings. The lowest BCUT2D eigenvalue weighted by Gasteiger charge is -2.11. The van der Waals surface area contributed by atoms with E-state index in [9.17, 15) is 4.79 Å². The van der Waals surface area contributed by atoms with Crippen LogP contribution in [0.1, 0.15) is 13.8 Å². The monoisotopic (exact) mass is 180 g/mol. The Morgan fingerprint density at radius 3 is 2.45 bits per heavy atom. The van der Waals surface area contributed by atoms with Crippen molar-refractivity contribution in [1.82, 2.24) is 0 Å². The number of carbonyl (C=O) groups excluding carboxylic acids is 1. The van der Waals surface area contributed by atoms with Gasteiger partial charge in [-0.3, -0.25) is 0 Å². The van der Waals surface area contributed by atoms with Gasteiger partial charge in [-0.05, 0) is 13.8 Å². The summed E-state index contributed by atoms with van der Waals surface area (Å²) in [5, 5.41) is 0. The van der Waals surface area contributed by atoms with Crippen molar-refractivity contribution in [1.29, 1.82) is 0 Å². The number of ether oxygens (including phenoxy) is 2. The molecule has 0 aliphatic rings. The van der Waals surface area contributed by atoms with E-state index in [1.807, 2.05) is 0 Å². The molecular weight excluding hydrogens is 168 g/mol. The predicted octanol–water partition coefficient (Wildman–Crippen LogP) is 1.19. The summed E-state index contributed by atoms with van der Waals surface area (Å²) < 4.78 is 9.70. The number of carbonyl (C=O) groups is 1. The molecule has 1 unspecified atom stereocenters. The van der Waals surface area contributed by atoms with Crippen molar-refractivity contribution < 1.29 is 14.3 Å². The molecule has 4 heteroatoms. The van der Waals surface area contributed by atoms with Gasteiger partial charge >= 0.3 is 5.97 Å². The Labute approximate surface area is 71.6 Å². The summed E-state index contributed by atoms with van der Waals surface area (Å²) in [6.07, 6.45) is -0.610. The Bertz CT molecular complexity index is 116. The summed E-state index contributed by atoms with van der Waals surface area (Å²) in [6, 6.07) is 0. The molecule has 0 bridgehead atoms. The third-order valence-corrected chi connectivity index (χ3v) is 1.34. The summed E-state index contributed by atoms with van der Waals surface area (Å²) in [5.74, 6) is -0.239. The average Bonchev–Trinajstić information content (AvgIpc) is 2.00. The highest BCUT2D eigenvalue weighted by Crippen LogP contribution is 1.98. The molecule has 0 radical (unpaired) electrons. The van der Waals surface area contributed by atoms with Crippen molar-refractivity contribution in [2.24, 2.45) is 0 Å². The van der Waals surface area contributed by atoms with Crippen molar-refractivity contribution >= 4 is 17.6 Å². The first-order valence-corrected chi connectivity index (χ1v) is 4.13. The lowest BCUT2D eigenvalue weighted by atomic mass is 10.4. The van der Waals surface area contributed by atoms with Crippen LogP contribution >= 0.6 is 11.6 Å². The van der Waals surface area contributed by atoms with Gasteiger partial charge in [0.05, 0.1) is 12.5 Å². The van der Waals surface area contributed by atoms with Gasteiger partial charge in [-0.15, -0.1) is 11.6 Å². The molecule has 0 rings (SSSR count). The van der Waals surface area contributed by atoms with E-state index in [0.29, 0.717) is 13.2 Å². The van der Waals surface area contributed by atoms with E-state index in [1.165, 1.54) is 0 Å². The summed E-state index contributed by atoms with van der Waals surface area (Å²) in [4.78, 5) is 10.9. The van der Waals surface area contributed by atoms with E-state index in [0.717, 1.165) is 0 Å².